The summed E-state index contributed by atoms with van der Waals surface area (Å²) in [6.45, 7) is 0. The maximum Gasteiger partial charge on any atom is 0.244 e. The minimum Gasteiger partial charge on any atom is -0.324 e. The van der Waals surface area contributed by atoms with Crippen LogP contribution in [-0.2, 0) is 4.79 Å². The van der Waals surface area contributed by atoms with E-state index < -0.39 is 5.54 Å². The molecule has 2 aromatic rings. The molecule has 1 saturated carbocycles. The van der Waals surface area contributed by atoms with Crippen LogP contribution in [0.1, 0.15) is 12.8 Å². The lowest BCUT2D eigenvalue weighted by atomic mass is 10.2. The molecule has 1 aliphatic rings. The fraction of sp³-hybridized carbons (Fsp3) is 0.250. The van der Waals surface area contributed by atoms with Gasteiger partial charge in [0, 0.05) is 24.0 Å². The second kappa shape index (κ2) is 3.49. The highest BCUT2D eigenvalue weighted by molar-refractivity contribution is 6.05. The third-order valence-electron chi connectivity index (χ3n) is 3.03. The summed E-state index contributed by atoms with van der Waals surface area (Å²) in [5.41, 5.74) is 6.69. The number of nitrogens with two attached hydrogens (primary N) is 1. The number of carbonyl (C=O) groups excluding carboxylic acids is 1. The molecule has 3 rings (SSSR count). The van der Waals surface area contributed by atoms with E-state index in [9.17, 15) is 4.79 Å². The Balaban J connectivity index is 1.97. The summed E-state index contributed by atoms with van der Waals surface area (Å²) in [5.74, 6) is -0.131. The number of amides is 1. The van der Waals surface area contributed by atoms with Crippen molar-refractivity contribution >= 4 is 22.5 Å². The minimum atomic E-state index is -0.669. The lowest BCUT2D eigenvalue weighted by Crippen LogP contribution is -2.37. The summed E-state index contributed by atoms with van der Waals surface area (Å²) in [5, 5.41) is 3.67. The fourth-order valence-electron chi connectivity index (χ4n) is 1.71. The van der Waals surface area contributed by atoms with Crippen LogP contribution in [0.2, 0.25) is 0 Å². The fourth-order valence-corrected chi connectivity index (χ4v) is 1.71. The van der Waals surface area contributed by atoms with E-state index in [0.717, 1.165) is 23.7 Å². The van der Waals surface area contributed by atoms with E-state index in [2.05, 4.69) is 15.3 Å². The molecule has 0 saturated heterocycles. The molecule has 17 heavy (non-hydrogen) atoms. The van der Waals surface area contributed by atoms with Crippen LogP contribution in [0, 0.1) is 0 Å². The Hall–Kier alpha value is -2.01. The number of pyridine rings is 2. The number of anilines is 1. The third-order valence-corrected chi connectivity index (χ3v) is 3.03. The lowest BCUT2D eigenvalue weighted by molar-refractivity contribution is -0.118. The van der Waals surface area contributed by atoms with Gasteiger partial charge in [0.1, 0.15) is 0 Å². The second-order valence-corrected chi connectivity index (χ2v) is 4.36. The predicted molar refractivity (Wildman–Crippen MR) is 64.3 cm³/mol. The molecule has 0 aromatic carbocycles. The number of nitrogens with zero attached hydrogens (tertiary/aromatic N) is 2. The highest BCUT2D eigenvalue weighted by atomic mass is 16.2. The molecule has 5 nitrogen and oxygen atoms in total. The van der Waals surface area contributed by atoms with E-state index >= 15 is 0 Å². The van der Waals surface area contributed by atoms with Crippen molar-refractivity contribution in [2.24, 2.45) is 5.73 Å². The number of aromatic nitrogens is 2. The summed E-state index contributed by atoms with van der Waals surface area (Å²) in [6, 6.07) is 3.56. The van der Waals surface area contributed by atoms with E-state index in [4.69, 9.17) is 5.73 Å². The van der Waals surface area contributed by atoms with Crippen molar-refractivity contribution in [1.29, 1.82) is 0 Å². The van der Waals surface area contributed by atoms with Gasteiger partial charge in [0.2, 0.25) is 5.91 Å². The molecule has 0 spiro atoms. The van der Waals surface area contributed by atoms with Gasteiger partial charge >= 0.3 is 0 Å². The second-order valence-electron chi connectivity index (χ2n) is 4.36. The first-order chi connectivity index (χ1) is 8.19. The Morgan fingerprint density at radius 3 is 2.94 bits per heavy atom. The van der Waals surface area contributed by atoms with E-state index in [-0.39, 0.29) is 5.91 Å². The third kappa shape index (κ3) is 1.74. The summed E-state index contributed by atoms with van der Waals surface area (Å²) in [4.78, 5) is 20.1. The molecule has 0 unspecified atom stereocenters. The first-order valence-electron chi connectivity index (χ1n) is 5.48. The number of carbonyl (C=O) groups is 1. The van der Waals surface area contributed by atoms with Gasteiger partial charge in [-0.15, -0.1) is 0 Å². The molecule has 86 valence electrons. The lowest BCUT2D eigenvalue weighted by Gasteiger charge is -2.11. The van der Waals surface area contributed by atoms with Gasteiger partial charge in [0.15, 0.2) is 0 Å². The highest BCUT2D eigenvalue weighted by Gasteiger charge is 2.46. The molecule has 0 bridgehead atoms. The molecule has 2 heterocycles. The van der Waals surface area contributed by atoms with Crippen molar-refractivity contribution in [1.82, 2.24) is 9.97 Å². The van der Waals surface area contributed by atoms with Gasteiger partial charge in [0.25, 0.3) is 0 Å². The molecule has 2 aromatic heterocycles. The Labute approximate surface area is 98.1 Å². The van der Waals surface area contributed by atoms with Gasteiger partial charge in [0.05, 0.1) is 16.7 Å². The van der Waals surface area contributed by atoms with Crippen LogP contribution in [0.25, 0.3) is 10.9 Å². The Morgan fingerprint density at radius 1 is 1.35 bits per heavy atom. The Kier molecular flexibility index (Phi) is 2.09. The zero-order chi connectivity index (χ0) is 11.9. The normalized spacial score (nSPS) is 16.8. The molecule has 1 fully saturated rings. The van der Waals surface area contributed by atoms with E-state index in [1.165, 1.54) is 0 Å². The Bertz CT molecular complexity index is 587. The number of nitrogens with one attached hydrogen (secondary N) is 1. The number of hydrogen-bond acceptors (Lipinski definition) is 4. The summed E-state index contributed by atoms with van der Waals surface area (Å²) >= 11 is 0. The topological polar surface area (TPSA) is 80.9 Å². The van der Waals surface area contributed by atoms with Crippen molar-refractivity contribution < 1.29 is 4.79 Å². The average Bonchev–Trinajstić information content (AvgIpc) is 3.09. The predicted octanol–water partition coefficient (Wildman–Crippen LogP) is 1.06. The first-order valence-corrected chi connectivity index (χ1v) is 5.48. The summed E-state index contributed by atoms with van der Waals surface area (Å²) < 4.78 is 0. The van der Waals surface area contributed by atoms with E-state index in [1.807, 2.05) is 0 Å². The molecule has 1 aliphatic carbocycles. The SMILES string of the molecule is NC1(C(=O)Nc2ccnc3ccncc23)CC1. The zero-order valence-corrected chi connectivity index (χ0v) is 9.18. The molecular weight excluding hydrogens is 216 g/mol. The standard InChI is InChI=1S/C12H12N4O/c13-12(3-4-12)11(17)16-10-2-6-15-9-1-5-14-7-8(9)10/h1-2,5-7H,3-4,13H2,(H,15,16,17). The Morgan fingerprint density at radius 2 is 2.18 bits per heavy atom. The van der Waals surface area contributed by atoms with Crippen molar-refractivity contribution in [3.63, 3.8) is 0 Å². The van der Waals surface area contributed by atoms with Crippen LogP contribution in [-0.4, -0.2) is 21.4 Å². The molecule has 0 atom stereocenters. The van der Waals surface area contributed by atoms with Crippen LogP contribution in [0.3, 0.4) is 0 Å². The van der Waals surface area contributed by atoms with Gasteiger partial charge in [-0.1, -0.05) is 0 Å². The van der Waals surface area contributed by atoms with Gasteiger partial charge in [-0.05, 0) is 25.0 Å². The molecular formula is C12H12N4O. The molecule has 0 radical (unpaired) electrons. The average molecular weight is 228 g/mol. The van der Waals surface area contributed by atoms with Crippen molar-refractivity contribution in [2.45, 2.75) is 18.4 Å². The van der Waals surface area contributed by atoms with E-state index in [1.54, 1.807) is 30.7 Å². The van der Waals surface area contributed by atoms with Crippen molar-refractivity contribution in [3.8, 4) is 0 Å². The number of rotatable bonds is 2. The monoisotopic (exact) mass is 228 g/mol. The quantitative estimate of drug-likeness (QED) is 0.805. The van der Waals surface area contributed by atoms with Gasteiger partial charge in [-0.25, -0.2) is 0 Å². The van der Waals surface area contributed by atoms with Gasteiger partial charge in [-0.2, -0.15) is 0 Å². The minimum absolute atomic E-state index is 0.131. The molecule has 3 N–H and O–H groups in total. The highest BCUT2D eigenvalue weighted by Crippen LogP contribution is 2.34. The van der Waals surface area contributed by atoms with Crippen molar-refractivity contribution in [2.75, 3.05) is 5.32 Å². The number of fused-ring (bicyclic) bond motifs is 1. The van der Waals surface area contributed by atoms with Crippen LogP contribution in [0.15, 0.2) is 30.7 Å². The maximum atomic E-state index is 11.9. The summed E-state index contributed by atoms with van der Waals surface area (Å²) in [6.07, 6.45) is 6.52. The van der Waals surface area contributed by atoms with Crippen LogP contribution < -0.4 is 11.1 Å². The molecule has 0 aliphatic heterocycles. The van der Waals surface area contributed by atoms with Crippen LogP contribution >= 0.6 is 0 Å². The summed E-state index contributed by atoms with van der Waals surface area (Å²) in [7, 11) is 0. The number of hydrogen-bond donors (Lipinski definition) is 2. The maximum absolute atomic E-state index is 11.9. The first kappa shape index (κ1) is 10.2. The molecule has 1 amide bonds. The van der Waals surface area contributed by atoms with Gasteiger partial charge in [-0.3, -0.25) is 14.8 Å². The zero-order valence-electron chi connectivity index (χ0n) is 9.18. The van der Waals surface area contributed by atoms with Gasteiger partial charge < -0.3 is 11.1 Å². The van der Waals surface area contributed by atoms with Crippen LogP contribution in [0.5, 0.6) is 0 Å². The largest absolute Gasteiger partial charge is 0.324 e. The smallest absolute Gasteiger partial charge is 0.244 e. The van der Waals surface area contributed by atoms with E-state index in [0.29, 0.717) is 5.69 Å². The molecule has 5 heteroatoms. The van der Waals surface area contributed by atoms with Crippen molar-refractivity contribution in [3.05, 3.63) is 30.7 Å². The van der Waals surface area contributed by atoms with Crippen LogP contribution in [0.4, 0.5) is 5.69 Å².